The Bertz CT molecular complexity index is 362. The second-order valence-corrected chi connectivity index (χ2v) is 4.30. The molecule has 0 saturated heterocycles. The van der Waals surface area contributed by atoms with E-state index in [-0.39, 0.29) is 30.3 Å². The number of aryl methyl sites for hydroxylation is 1. The van der Waals surface area contributed by atoms with Crippen molar-refractivity contribution < 1.29 is 9.90 Å². The van der Waals surface area contributed by atoms with E-state index in [1.165, 1.54) is 0 Å². The molecule has 1 amide bonds. The third kappa shape index (κ3) is 3.81. The van der Waals surface area contributed by atoms with Gasteiger partial charge in [-0.05, 0) is 12.3 Å². The number of amides is 1. The first-order valence-electron chi connectivity index (χ1n) is 5.91. The van der Waals surface area contributed by atoms with E-state index < -0.39 is 0 Å². The Balaban J connectivity index is 2.63. The molecule has 0 radical (unpaired) electrons. The molecular weight excluding hydrogens is 220 g/mol. The third-order valence-electron chi connectivity index (χ3n) is 2.63. The summed E-state index contributed by atoms with van der Waals surface area (Å²) >= 11 is 0. The van der Waals surface area contributed by atoms with Crippen molar-refractivity contribution in [3.8, 4) is 0 Å². The number of aromatic amines is 1. The topological polar surface area (TPSA) is 90.9 Å². The van der Waals surface area contributed by atoms with E-state index in [1.54, 1.807) is 0 Å². The second kappa shape index (κ2) is 6.34. The number of rotatable bonds is 6. The van der Waals surface area contributed by atoms with Crippen LogP contribution in [-0.2, 0) is 6.42 Å². The summed E-state index contributed by atoms with van der Waals surface area (Å²) < 4.78 is 0. The van der Waals surface area contributed by atoms with Crippen LogP contribution in [0.2, 0.25) is 0 Å². The molecule has 17 heavy (non-hydrogen) atoms. The summed E-state index contributed by atoms with van der Waals surface area (Å²) in [5.74, 6) is 0.813. The number of nitrogens with one attached hydrogen (secondary N) is 2. The maximum absolute atomic E-state index is 11.8. The lowest BCUT2D eigenvalue weighted by Crippen LogP contribution is -2.39. The van der Waals surface area contributed by atoms with Crippen molar-refractivity contribution in [1.82, 2.24) is 20.5 Å². The molecule has 6 nitrogen and oxygen atoms in total. The molecule has 0 aromatic carbocycles. The highest BCUT2D eigenvalue weighted by atomic mass is 16.3. The number of carbonyl (C=O) groups excluding carboxylic acids is 1. The number of hydrogen-bond acceptors (Lipinski definition) is 4. The summed E-state index contributed by atoms with van der Waals surface area (Å²) in [6.45, 7) is 5.98. The van der Waals surface area contributed by atoms with Gasteiger partial charge in [0.2, 0.25) is 5.82 Å². The summed E-state index contributed by atoms with van der Waals surface area (Å²) in [6, 6.07) is -0.0592. The number of aromatic nitrogens is 3. The molecule has 1 heterocycles. The summed E-state index contributed by atoms with van der Waals surface area (Å²) in [5, 5.41) is 18.3. The molecule has 0 fully saturated rings. The van der Waals surface area contributed by atoms with Crippen LogP contribution in [0.25, 0.3) is 0 Å². The highest BCUT2D eigenvalue weighted by molar-refractivity contribution is 5.90. The van der Waals surface area contributed by atoms with Crippen LogP contribution in [0.15, 0.2) is 0 Å². The summed E-state index contributed by atoms with van der Waals surface area (Å²) in [5.41, 5.74) is 0. The Morgan fingerprint density at radius 3 is 2.71 bits per heavy atom. The van der Waals surface area contributed by atoms with Crippen LogP contribution in [0.3, 0.4) is 0 Å². The first-order valence-corrected chi connectivity index (χ1v) is 5.91. The molecular formula is C11H20N4O2. The SMILES string of the molecule is CCc1nc(C(=O)NC(CCO)C(C)C)n[nH]1. The fourth-order valence-corrected chi connectivity index (χ4v) is 1.50. The molecule has 0 saturated carbocycles. The van der Waals surface area contributed by atoms with Crippen molar-refractivity contribution >= 4 is 5.91 Å². The van der Waals surface area contributed by atoms with Crippen molar-refractivity contribution in [2.24, 2.45) is 5.92 Å². The van der Waals surface area contributed by atoms with E-state index in [9.17, 15) is 4.79 Å². The molecule has 1 aromatic heterocycles. The zero-order chi connectivity index (χ0) is 12.8. The average Bonchev–Trinajstić information content (AvgIpc) is 2.76. The lowest BCUT2D eigenvalue weighted by molar-refractivity contribution is 0.0906. The fourth-order valence-electron chi connectivity index (χ4n) is 1.50. The zero-order valence-corrected chi connectivity index (χ0v) is 10.5. The van der Waals surface area contributed by atoms with Gasteiger partial charge in [0, 0.05) is 19.1 Å². The maximum atomic E-state index is 11.8. The van der Waals surface area contributed by atoms with Crippen LogP contribution < -0.4 is 5.32 Å². The smallest absolute Gasteiger partial charge is 0.291 e. The predicted octanol–water partition coefficient (Wildman–Crippen LogP) is 0.504. The minimum Gasteiger partial charge on any atom is -0.396 e. The van der Waals surface area contributed by atoms with E-state index in [1.807, 2.05) is 20.8 Å². The van der Waals surface area contributed by atoms with E-state index in [0.29, 0.717) is 18.7 Å². The van der Waals surface area contributed by atoms with E-state index in [4.69, 9.17) is 5.11 Å². The molecule has 0 aliphatic rings. The lowest BCUT2D eigenvalue weighted by Gasteiger charge is -2.20. The normalized spacial score (nSPS) is 12.8. The molecule has 6 heteroatoms. The van der Waals surface area contributed by atoms with Crippen LogP contribution in [0.4, 0.5) is 0 Å². The average molecular weight is 240 g/mol. The van der Waals surface area contributed by atoms with Gasteiger partial charge in [0.25, 0.3) is 5.91 Å². The highest BCUT2D eigenvalue weighted by Crippen LogP contribution is 2.06. The Morgan fingerprint density at radius 2 is 2.24 bits per heavy atom. The van der Waals surface area contributed by atoms with Crippen LogP contribution in [0, 0.1) is 5.92 Å². The molecule has 1 atom stereocenters. The molecule has 1 aromatic rings. The van der Waals surface area contributed by atoms with Gasteiger partial charge in [-0.15, -0.1) is 5.10 Å². The van der Waals surface area contributed by atoms with E-state index >= 15 is 0 Å². The maximum Gasteiger partial charge on any atom is 0.291 e. The van der Waals surface area contributed by atoms with Gasteiger partial charge in [0.05, 0.1) is 0 Å². The van der Waals surface area contributed by atoms with Gasteiger partial charge < -0.3 is 10.4 Å². The molecule has 1 unspecified atom stereocenters. The van der Waals surface area contributed by atoms with Crippen LogP contribution >= 0.6 is 0 Å². The van der Waals surface area contributed by atoms with Gasteiger partial charge in [0.15, 0.2) is 0 Å². The molecule has 0 aliphatic heterocycles. The number of hydrogen-bond donors (Lipinski definition) is 3. The monoisotopic (exact) mass is 240 g/mol. The van der Waals surface area contributed by atoms with Gasteiger partial charge in [-0.2, -0.15) is 0 Å². The van der Waals surface area contributed by atoms with Crippen molar-refractivity contribution in [2.45, 2.75) is 39.7 Å². The fraction of sp³-hybridized carbons (Fsp3) is 0.727. The van der Waals surface area contributed by atoms with Crippen LogP contribution in [-0.4, -0.2) is 38.8 Å². The first kappa shape index (κ1) is 13.6. The van der Waals surface area contributed by atoms with Crippen molar-refractivity contribution in [1.29, 1.82) is 0 Å². The zero-order valence-electron chi connectivity index (χ0n) is 10.5. The predicted molar refractivity (Wildman–Crippen MR) is 63.6 cm³/mol. The molecule has 0 bridgehead atoms. The van der Waals surface area contributed by atoms with Crippen molar-refractivity contribution in [3.63, 3.8) is 0 Å². The minimum absolute atomic E-state index is 0.0529. The first-order chi connectivity index (χ1) is 8.08. The molecule has 1 rings (SSSR count). The number of H-pyrrole nitrogens is 1. The summed E-state index contributed by atoms with van der Waals surface area (Å²) in [7, 11) is 0. The molecule has 0 spiro atoms. The Kier molecular flexibility index (Phi) is 5.09. The van der Waals surface area contributed by atoms with Crippen molar-refractivity contribution in [2.75, 3.05) is 6.61 Å². The lowest BCUT2D eigenvalue weighted by atomic mass is 10.0. The second-order valence-electron chi connectivity index (χ2n) is 4.30. The number of nitrogens with zero attached hydrogens (tertiary/aromatic N) is 2. The number of aliphatic hydroxyl groups is 1. The standard InChI is InChI=1S/C11H20N4O2/c1-4-9-13-10(15-14-9)11(17)12-8(5-6-16)7(2)3/h7-8,16H,4-6H2,1-3H3,(H,12,17)(H,13,14,15). The molecule has 96 valence electrons. The highest BCUT2D eigenvalue weighted by Gasteiger charge is 2.19. The van der Waals surface area contributed by atoms with Gasteiger partial charge in [-0.1, -0.05) is 20.8 Å². The van der Waals surface area contributed by atoms with Gasteiger partial charge in [0.1, 0.15) is 5.82 Å². The summed E-state index contributed by atoms with van der Waals surface area (Å²) in [6.07, 6.45) is 1.25. The quantitative estimate of drug-likeness (QED) is 0.675. The Hall–Kier alpha value is -1.43. The van der Waals surface area contributed by atoms with Gasteiger partial charge >= 0.3 is 0 Å². The summed E-state index contributed by atoms with van der Waals surface area (Å²) in [4.78, 5) is 15.9. The van der Waals surface area contributed by atoms with E-state index in [0.717, 1.165) is 0 Å². The van der Waals surface area contributed by atoms with Crippen molar-refractivity contribution in [3.05, 3.63) is 11.6 Å². The van der Waals surface area contributed by atoms with Crippen LogP contribution in [0.5, 0.6) is 0 Å². The Morgan fingerprint density at radius 1 is 1.53 bits per heavy atom. The minimum atomic E-state index is -0.298. The Labute approximate surface area is 101 Å². The van der Waals surface area contributed by atoms with E-state index in [2.05, 4.69) is 20.5 Å². The largest absolute Gasteiger partial charge is 0.396 e. The molecule has 0 aliphatic carbocycles. The number of carbonyl (C=O) groups is 1. The molecule has 3 N–H and O–H groups in total. The van der Waals surface area contributed by atoms with Gasteiger partial charge in [-0.3, -0.25) is 9.89 Å². The van der Waals surface area contributed by atoms with Gasteiger partial charge in [-0.25, -0.2) is 4.98 Å². The number of aliphatic hydroxyl groups excluding tert-OH is 1. The van der Waals surface area contributed by atoms with Crippen LogP contribution in [0.1, 0.15) is 43.6 Å². The third-order valence-corrected chi connectivity index (χ3v) is 2.63.